The summed E-state index contributed by atoms with van der Waals surface area (Å²) in [5, 5.41) is 12.7. The molecule has 11 heteroatoms. The number of benzene rings is 2. The van der Waals surface area contributed by atoms with Gasteiger partial charge in [0.2, 0.25) is 0 Å². The smallest absolute Gasteiger partial charge is 0.332 e. The first-order valence-corrected chi connectivity index (χ1v) is 11.4. The standard InChI is InChI=1S/C24H27ClN4O6/c1-27-21-20(22(31)28(24(27)32)10-12-34-13-11-30)29(15-16-6-8-17(25)9-7-16)23(26-21)35-19-5-3-4-18(14-19)33-2/h3-9,14,23,26,30H,10-13,15H2,1-2H3. The lowest BCUT2D eigenvalue weighted by atomic mass is 10.2. The van der Waals surface area contributed by atoms with Gasteiger partial charge in [0, 0.05) is 24.7 Å². The predicted molar refractivity (Wildman–Crippen MR) is 133 cm³/mol. The number of ether oxygens (including phenoxy) is 3. The zero-order valence-corrected chi connectivity index (χ0v) is 20.2. The minimum atomic E-state index is -0.771. The Kier molecular flexibility index (Phi) is 7.64. The van der Waals surface area contributed by atoms with Crippen LogP contribution in [0.2, 0.25) is 5.02 Å². The summed E-state index contributed by atoms with van der Waals surface area (Å²) in [7, 11) is 3.16. The zero-order valence-electron chi connectivity index (χ0n) is 19.4. The van der Waals surface area contributed by atoms with E-state index in [2.05, 4.69) is 5.32 Å². The molecule has 1 aromatic heterocycles. The van der Waals surface area contributed by atoms with Crippen LogP contribution in [0.4, 0.5) is 11.5 Å². The topological polar surface area (TPSA) is 107 Å². The summed E-state index contributed by atoms with van der Waals surface area (Å²) in [6.07, 6.45) is -0.771. The molecule has 0 saturated heterocycles. The highest BCUT2D eigenvalue weighted by molar-refractivity contribution is 6.30. The van der Waals surface area contributed by atoms with Gasteiger partial charge in [-0.2, -0.15) is 0 Å². The highest BCUT2D eigenvalue weighted by Crippen LogP contribution is 2.33. The second kappa shape index (κ2) is 10.9. The van der Waals surface area contributed by atoms with E-state index in [1.165, 1.54) is 4.57 Å². The van der Waals surface area contributed by atoms with E-state index in [1.807, 2.05) is 12.1 Å². The lowest BCUT2D eigenvalue weighted by Gasteiger charge is -2.26. The van der Waals surface area contributed by atoms with E-state index in [0.29, 0.717) is 34.6 Å². The predicted octanol–water partition coefficient (Wildman–Crippen LogP) is 2.01. The number of nitrogens with one attached hydrogen (secondary N) is 1. The second-order valence-electron chi connectivity index (χ2n) is 7.88. The lowest BCUT2D eigenvalue weighted by Crippen LogP contribution is -2.44. The van der Waals surface area contributed by atoms with E-state index in [-0.39, 0.29) is 26.4 Å². The van der Waals surface area contributed by atoms with Crippen LogP contribution in [0.25, 0.3) is 0 Å². The molecule has 1 atom stereocenters. The molecule has 2 heterocycles. The van der Waals surface area contributed by atoms with Crippen molar-refractivity contribution in [3.05, 3.63) is 80.0 Å². The summed E-state index contributed by atoms with van der Waals surface area (Å²) in [6, 6.07) is 14.4. The van der Waals surface area contributed by atoms with E-state index < -0.39 is 17.6 Å². The molecule has 0 spiro atoms. The van der Waals surface area contributed by atoms with Gasteiger partial charge in [-0.25, -0.2) is 4.79 Å². The third kappa shape index (κ3) is 5.29. The molecule has 1 aliphatic heterocycles. The number of fused-ring (bicyclic) bond motifs is 1. The number of aromatic nitrogens is 2. The Hall–Kier alpha value is -3.47. The minimum absolute atomic E-state index is 0.0506. The molecule has 1 aliphatic rings. The van der Waals surface area contributed by atoms with Crippen molar-refractivity contribution >= 4 is 23.1 Å². The molecule has 186 valence electrons. The fourth-order valence-corrected chi connectivity index (χ4v) is 3.98. The SMILES string of the molecule is COc1cccc(OC2Nc3c(c(=O)n(CCOCCO)c(=O)n3C)N2Cc2ccc(Cl)cc2)c1. The first-order valence-electron chi connectivity index (χ1n) is 11.0. The fourth-order valence-electron chi connectivity index (χ4n) is 3.85. The molecule has 0 amide bonds. The normalized spacial score (nSPS) is 14.5. The van der Waals surface area contributed by atoms with Crippen molar-refractivity contribution in [2.24, 2.45) is 7.05 Å². The Morgan fingerprint density at radius 3 is 2.54 bits per heavy atom. The maximum Gasteiger partial charge on any atom is 0.332 e. The first kappa shape index (κ1) is 24.6. The highest BCUT2D eigenvalue weighted by Gasteiger charge is 2.36. The van der Waals surface area contributed by atoms with E-state index in [0.717, 1.165) is 10.1 Å². The number of aliphatic hydroxyl groups is 1. The molecule has 2 aromatic carbocycles. The van der Waals surface area contributed by atoms with E-state index in [4.69, 9.17) is 30.9 Å². The van der Waals surface area contributed by atoms with Crippen LogP contribution in [0, 0.1) is 0 Å². The maximum atomic E-state index is 13.5. The molecular formula is C24H27ClN4O6. The second-order valence-corrected chi connectivity index (χ2v) is 8.32. The molecule has 35 heavy (non-hydrogen) atoms. The monoisotopic (exact) mass is 502 g/mol. The third-order valence-electron chi connectivity index (χ3n) is 5.61. The van der Waals surface area contributed by atoms with Gasteiger partial charge in [0.1, 0.15) is 23.0 Å². The quantitative estimate of drug-likeness (QED) is 0.405. The van der Waals surface area contributed by atoms with Gasteiger partial charge < -0.3 is 29.5 Å². The Morgan fingerprint density at radius 2 is 1.83 bits per heavy atom. The van der Waals surface area contributed by atoms with Crippen LogP contribution in [-0.2, 0) is 24.9 Å². The molecule has 0 bridgehead atoms. The summed E-state index contributed by atoms with van der Waals surface area (Å²) < 4.78 is 19.3. The molecule has 4 rings (SSSR count). The third-order valence-corrected chi connectivity index (χ3v) is 5.86. The molecular weight excluding hydrogens is 476 g/mol. The van der Waals surface area contributed by atoms with Gasteiger partial charge in [-0.05, 0) is 29.8 Å². The molecule has 1 unspecified atom stereocenters. The van der Waals surface area contributed by atoms with Gasteiger partial charge in [0.25, 0.3) is 11.9 Å². The van der Waals surface area contributed by atoms with Crippen LogP contribution in [0.15, 0.2) is 58.1 Å². The summed E-state index contributed by atoms with van der Waals surface area (Å²) in [5.41, 5.74) is 0.253. The lowest BCUT2D eigenvalue weighted by molar-refractivity contribution is 0.0858. The molecule has 10 nitrogen and oxygen atoms in total. The van der Waals surface area contributed by atoms with Crippen molar-refractivity contribution in [1.82, 2.24) is 9.13 Å². The summed E-state index contributed by atoms with van der Waals surface area (Å²) >= 11 is 6.05. The summed E-state index contributed by atoms with van der Waals surface area (Å²) in [4.78, 5) is 28.2. The minimum Gasteiger partial charge on any atom is -0.497 e. The summed E-state index contributed by atoms with van der Waals surface area (Å²) in [5.74, 6) is 1.51. The van der Waals surface area contributed by atoms with Crippen LogP contribution in [0.5, 0.6) is 11.5 Å². The summed E-state index contributed by atoms with van der Waals surface area (Å²) in [6.45, 7) is 0.470. The molecule has 2 N–H and O–H groups in total. The van der Waals surface area contributed by atoms with Gasteiger partial charge in [0.15, 0.2) is 0 Å². The molecule has 0 aliphatic carbocycles. The van der Waals surface area contributed by atoms with Crippen molar-refractivity contribution in [1.29, 1.82) is 0 Å². The fraction of sp³-hybridized carbons (Fsp3) is 0.333. The molecule has 3 aromatic rings. The molecule has 0 saturated carbocycles. The number of halogens is 1. The van der Waals surface area contributed by atoms with Gasteiger partial charge >= 0.3 is 5.69 Å². The van der Waals surface area contributed by atoms with Crippen molar-refractivity contribution in [2.75, 3.05) is 37.1 Å². The Morgan fingerprint density at radius 1 is 1.09 bits per heavy atom. The van der Waals surface area contributed by atoms with E-state index in [9.17, 15) is 9.59 Å². The van der Waals surface area contributed by atoms with Gasteiger partial charge in [-0.15, -0.1) is 0 Å². The van der Waals surface area contributed by atoms with Crippen LogP contribution in [0.3, 0.4) is 0 Å². The van der Waals surface area contributed by atoms with Gasteiger partial charge in [-0.1, -0.05) is 29.8 Å². The van der Waals surface area contributed by atoms with Crippen molar-refractivity contribution in [3.8, 4) is 11.5 Å². The van der Waals surface area contributed by atoms with Gasteiger partial charge in [-0.3, -0.25) is 13.9 Å². The first-order chi connectivity index (χ1) is 16.9. The van der Waals surface area contributed by atoms with E-state index >= 15 is 0 Å². The molecule has 0 radical (unpaired) electrons. The average Bonchev–Trinajstić information content (AvgIpc) is 3.21. The number of anilines is 2. The Bertz CT molecular complexity index is 1290. The van der Waals surface area contributed by atoms with Crippen LogP contribution in [0.1, 0.15) is 5.56 Å². The van der Waals surface area contributed by atoms with Crippen molar-refractivity contribution < 1.29 is 19.3 Å². The van der Waals surface area contributed by atoms with E-state index in [1.54, 1.807) is 55.5 Å². The zero-order chi connectivity index (χ0) is 24.9. The van der Waals surface area contributed by atoms with Crippen LogP contribution < -0.4 is 30.9 Å². The highest BCUT2D eigenvalue weighted by atomic mass is 35.5. The Balaban J connectivity index is 1.73. The van der Waals surface area contributed by atoms with Crippen molar-refractivity contribution in [3.63, 3.8) is 0 Å². The number of rotatable bonds is 10. The average molecular weight is 503 g/mol. The Labute approximate surface area is 206 Å². The molecule has 0 fully saturated rings. The van der Waals surface area contributed by atoms with Crippen LogP contribution in [-0.4, -0.2) is 47.5 Å². The largest absolute Gasteiger partial charge is 0.497 e. The number of nitrogens with zero attached hydrogens (tertiary/aromatic N) is 3. The number of aliphatic hydroxyl groups excluding tert-OH is 1. The van der Waals surface area contributed by atoms with Crippen molar-refractivity contribution in [2.45, 2.75) is 19.4 Å². The number of hydrogen-bond donors (Lipinski definition) is 2. The van der Waals surface area contributed by atoms with Gasteiger partial charge in [0.05, 0.1) is 33.5 Å². The van der Waals surface area contributed by atoms with Crippen LogP contribution >= 0.6 is 11.6 Å². The maximum absolute atomic E-state index is 13.5. The number of hydrogen-bond acceptors (Lipinski definition) is 8. The number of methoxy groups -OCH3 is 1.